The van der Waals surface area contributed by atoms with E-state index in [2.05, 4.69) is 5.32 Å². The second-order valence-electron chi connectivity index (χ2n) is 4.17. The van der Waals surface area contributed by atoms with Crippen LogP contribution in [0, 0.1) is 24.4 Å². The lowest BCUT2D eigenvalue weighted by molar-refractivity contribution is 0.547. The molecule has 0 heterocycles. The van der Waals surface area contributed by atoms with Crippen molar-refractivity contribution in [2.75, 3.05) is 5.32 Å². The zero-order valence-electron chi connectivity index (χ0n) is 10.1. The van der Waals surface area contributed by atoms with E-state index in [1.54, 1.807) is 18.2 Å². The zero-order chi connectivity index (χ0) is 14.0. The number of nitrogens with one attached hydrogen (secondary N) is 1. The van der Waals surface area contributed by atoms with Crippen LogP contribution in [0.4, 0.5) is 18.9 Å². The molecule has 0 aliphatic carbocycles. The summed E-state index contributed by atoms with van der Waals surface area (Å²) in [6.45, 7) is 2.07. The first kappa shape index (κ1) is 13.7. The van der Waals surface area contributed by atoms with E-state index >= 15 is 0 Å². The molecule has 0 bridgehead atoms. The molecule has 2 aromatic carbocycles. The second-order valence-corrected chi connectivity index (χ2v) is 4.61. The van der Waals surface area contributed by atoms with Crippen LogP contribution in [0.2, 0.25) is 5.02 Å². The van der Waals surface area contributed by atoms with Crippen LogP contribution in [0.5, 0.6) is 0 Å². The zero-order valence-corrected chi connectivity index (χ0v) is 10.9. The van der Waals surface area contributed by atoms with Crippen molar-refractivity contribution in [2.24, 2.45) is 0 Å². The molecule has 1 nitrogen and oxygen atoms in total. The Bertz CT molecular complexity index is 591. The molecule has 0 unspecified atom stereocenters. The average Bonchev–Trinajstić information content (AvgIpc) is 2.30. The van der Waals surface area contributed by atoms with Gasteiger partial charge in [0.1, 0.15) is 11.5 Å². The maximum Gasteiger partial charge on any atom is 0.152 e. The molecule has 0 saturated heterocycles. The summed E-state index contributed by atoms with van der Waals surface area (Å²) in [6, 6.07) is 6.50. The van der Waals surface area contributed by atoms with Gasteiger partial charge in [0.15, 0.2) is 11.6 Å². The minimum atomic E-state index is -0.955. The van der Waals surface area contributed by atoms with Gasteiger partial charge in [-0.15, -0.1) is 0 Å². The SMILES string of the molecule is Cc1cc(Cl)ccc1CNc1c(F)cc(F)cc1F. The molecular formula is C14H11ClF3N. The van der Waals surface area contributed by atoms with E-state index < -0.39 is 17.5 Å². The molecule has 5 heteroatoms. The molecule has 0 amide bonds. The van der Waals surface area contributed by atoms with Crippen molar-refractivity contribution < 1.29 is 13.2 Å². The largest absolute Gasteiger partial charge is 0.376 e. The molecule has 0 fully saturated rings. The quantitative estimate of drug-likeness (QED) is 0.863. The minimum absolute atomic E-state index is 0.225. The summed E-state index contributed by atoms with van der Waals surface area (Å²) in [4.78, 5) is 0. The van der Waals surface area contributed by atoms with E-state index in [0.29, 0.717) is 17.2 Å². The third-order valence-corrected chi connectivity index (χ3v) is 3.00. The Balaban J connectivity index is 2.19. The van der Waals surface area contributed by atoms with Crippen LogP contribution in [-0.4, -0.2) is 0 Å². The van der Waals surface area contributed by atoms with E-state index in [-0.39, 0.29) is 12.2 Å². The van der Waals surface area contributed by atoms with Gasteiger partial charge in [-0.05, 0) is 30.2 Å². The van der Waals surface area contributed by atoms with Crippen LogP contribution >= 0.6 is 11.6 Å². The number of anilines is 1. The lowest BCUT2D eigenvalue weighted by atomic mass is 10.1. The summed E-state index contributed by atoms with van der Waals surface area (Å²) in [5.74, 6) is -2.85. The summed E-state index contributed by atoms with van der Waals surface area (Å²) in [5, 5.41) is 3.22. The number of hydrogen-bond donors (Lipinski definition) is 1. The van der Waals surface area contributed by atoms with Gasteiger partial charge in [-0.25, -0.2) is 13.2 Å². The highest BCUT2D eigenvalue weighted by Crippen LogP contribution is 2.22. The summed E-state index contributed by atoms with van der Waals surface area (Å²) >= 11 is 5.82. The molecule has 0 spiro atoms. The minimum Gasteiger partial charge on any atom is -0.376 e. The fraction of sp³-hybridized carbons (Fsp3) is 0.143. The highest BCUT2D eigenvalue weighted by molar-refractivity contribution is 6.30. The topological polar surface area (TPSA) is 12.0 Å². The van der Waals surface area contributed by atoms with Crippen LogP contribution in [0.25, 0.3) is 0 Å². The van der Waals surface area contributed by atoms with E-state index in [9.17, 15) is 13.2 Å². The smallest absolute Gasteiger partial charge is 0.152 e. The predicted molar refractivity (Wildman–Crippen MR) is 69.8 cm³/mol. The van der Waals surface area contributed by atoms with Gasteiger partial charge in [-0.1, -0.05) is 17.7 Å². The number of halogens is 4. The van der Waals surface area contributed by atoms with Crippen molar-refractivity contribution in [3.05, 3.63) is 63.9 Å². The number of aryl methyl sites for hydroxylation is 1. The van der Waals surface area contributed by atoms with E-state index in [1.165, 1.54) is 0 Å². The third-order valence-electron chi connectivity index (χ3n) is 2.77. The van der Waals surface area contributed by atoms with Crippen LogP contribution < -0.4 is 5.32 Å². The van der Waals surface area contributed by atoms with Gasteiger partial charge in [0, 0.05) is 23.7 Å². The predicted octanol–water partition coefficient (Wildman–Crippen LogP) is 4.68. The highest BCUT2D eigenvalue weighted by Gasteiger charge is 2.11. The Hall–Kier alpha value is -1.68. The molecule has 0 saturated carbocycles. The maximum atomic E-state index is 13.4. The standard InChI is InChI=1S/C14H11ClF3N/c1-8-4-10(15)3-2-9(8)7-19-14-12(17)5-11(16)6-13(14)18/h2-6,19H,7H2,1H3. The summed E-state index contributed by atoms with van der Waals surface area (Å²) in [5.41, 5.74) is 1.42. The molecule has 1 N–H and O–H groups in total. The van der Waals surface area contributed by atoms with Crippen LogP contribution in [0.1, 0.15) is 11.1 Å². The Labute approximate surface area is 114 Å². The molecule has 2 aromatic rings. The first-order valence-corrected chi connectivity index (χ1v) is 5.98. The number of hydrogen-bond acceptors (Lipinski definition) is 1. The van der Waals surface area contributed by atoms with Crippen molar-refractivity contribution in [3.63, 3.8) is 0 Å². The van der Waals surface area contributed by atoms with Crippen molar-refractivity contribution in [2.45, 2.75) is 13.5 Å². The molecule has 100 valence electrons. The van der Waals surface area contributed by atoms with Gasteiger partial charge in [-0.3, -0.25) is 0 Å². The number of rotatable bonds is 3. The monoisotopic (exact) mass is 285 g/mol. The fourth-order valence-electron chi connectivity index (χ4n) is 1.75. The first-order valence-electron chi connectivity index (χ1n) is 5.61. The van der Waals surface area contributed by atoms with Gasteiger partial charge >= 0.3 is 0 Å². The Morgan fingerprint density at radius 3 is 2.26 bits per heavy atom. The Kier molecular flexibility index (Phi) is 4.00. The summed E-state index contributed by atoms with van der Waals surface area (Å²) in [6.07, 6.45) is 0. The summed E-state index contributed by atoms with van der Waals surface area (Å²) < 4.78 is 39.6. The van der Waals surface area contributed by atoms with Crippen molar-refractivity contribution >= 4 is 17.3 Å². The molecule has 2 rings (SSSR count). The maximum absolute atomic E-state index is 13.4. The lowest BCUT2D eigenvalue weighted by Gasteiger charge is -2.11. The van der Waals surface area contributed by atoms with Gasteiger partial charge in [0.2, 0.25) is 0 Å². The van der Waals surface area contributed by atoms with Crippen LogP contribution in [0.15, 0.2) is 30.3 Å². The molecule has 0 aliphatic rings. The second kappa shape index (κ2) is 5.53. The normalized spacial score (nSPS) is 10.6. The van der Waals surface area contributed by atoms with E-state index in [0.717, 1.165) is 11.1 Å². The van der Waals surface area contributed by atoms with E-state index in [1.807, 2.05) is 6.92 Å². The third kappa shape index (κ3) is 3.20. The fourth-order valence-corrected chi connectivity index (χ4v) is 1.98. The molecule has 19 heavy (non-hydrogen) atoms. The van der Waals surface area contributed by atoms with Gasteiger partial charge in [0.25, 0.3) is 0 Å². The Morgan fingerprint density at radius 2 is 1.68 bits per heavy atom. The van der Waals surface area contributed by atoms with Crippen molar-refractivity contribution in [3.8, 4) is 0 Å². The van der Waals surface area contributed by atoms with Crippen LogP contribution in [0.3, 0.4) is 0 Å². The van der Waals surface area contributed by atoms with Crippen LogP contribution in [-0.2, 0) is 6.54 Å². The highest BCUT2D eigenvalue weighted by atomic mass is 35.5. The lowest BCUT2D eigenvalue weighted by Crippen LogP contribution is -2.05. The molecule has 0 aromatic heterocycles. The van der Waals surface area contributed by atoms with Gasteiger partial charge < -0.3 is 5.32 Å². The molecule has 0 aliphatic heterocycles. The van der Waals surface area contributed by atoms with Crippen molar-refractivity contribution in [1.82, 2.24) is 0 Å². The average molecular weight is 286 g/mol. The molecular weight excluding hydrogens is 275 g/mol. The van der Waals surface area contributed by atoms with Gasteiger partial charge in [-0.2, -0.15) is 0 Å². The van der Waals surface area contributed by atoms with Crippen molar-refractivity contribution in [1.29, 1.82) is 0 Å². The number of benzene rings is 2. The molecule has 0 radical (unpaired) electrons. The first-order chi connectivity index (χ1) is 8.97. The molecule has 0 atom stereocenters. The Morgan fingerprint density at radius 1 is 1.05 bits per heavy atom. The summed E-state index contributed by atoms with van der Waals surface area (Å²) in [7, 11) is 0. The van der Waals surface area contributed by atoms with Gasteiger partial charge in [0.05, 0.1) is 0 Å². The van der Waals surface area contributed by atoms with E-state index in [4.69, 9.17) is 11.6 Å².